The summed E-state index contributed by atoms with van der Waals surface area (Å²) in [6.45, 7) is 84.1. The fourth-order valence-corrected chi connectivity index (χ4v) is 8.52. The van der Waals surface area contributed by atoms with E-state index < -0.39 is 0 Å². The van der Waals surface area contributed by atoms with Gasteiger partial charge in [0.25, 0.3) is 0 Å². The molecule has 14 aromatic rings. The Kier molecular flexibility index (Phi) is 153. The molecule has 0 bridgehead atoms. The van der Waals surface area contributed by atoms with E-state index in [0.717, 1.165) is 64.2 Å². The van der Waals surface area contributed by atoms with Gasteiger partial charge < -0.3 is 4.74 Å². The molecule has 726 valence electrons. The molecule has 0 unspecified atom stereocenters. The lowest BCUT2D eigenvalue weighted by Crippen LogP contribution is -2.07. The molecule has 11 heterocycles. The van der Waals surface area contributed by atoms with E-state index in [4.69, 9.17) is 4.74 Å². The summed E-state index contributed by atoms with van der Waals surface area (Å²) in [6.07, 6.45) is 32.7. The van der Waals surface area contributed by atoms with Crippen molar-refractivity contribution in [2.24, 2.45) is 0 Å². The van der Waals surface area contributed by atoms with Crippen molar-refractivity contribution in [1.29, 1.82) is 0 Å². The average Bonchev–Trinajstić information content (AvgIpc) is 0.887. The van der Waals surface area contributed by atoms with Gasteiger partial charge in [0.2, 0.25) is 0 Å². The molecule has 0 aliphatic carbocycles. The number of hydrogen-bond donors (Lipinski definition) is 0. The number of ether oxygens (including phenoxy) is 1. The minimum Gasteiger partial charge on any atom is -0.493 e. The molecule has 5 aromatic carbocycles. The highest BCUT2D eigenvalue weighted by Gasteiger charge is 2.08. The van der Waals surface area contributed by atoms with Crippen molar-refractivity contribution in [1.82, 2.24) is 101 Å². The number of hydrogen-bond acceptors (Lipinski definition) is 22. The summed E-state index contributed by atoms with van der Waals surface area (Å²) in [7, 11) is 0. The summed E-state index contributed by atoms with van der Waals surface area (Å²) in [5.74, 6) is 3.14. The summed E-state index contributed by atoms with van der Waals surface area (Å²) in [4.78, 5) is 43.5. The molecular formula is C108H182N20OS. The van der Waals surface area contributed by atoms with Crippen molar-refractivity contribution in [3.63, 3.8) is 0 Å². The van der Waals surface area contributed by atoms with Crippen molar-refractivity contribution < 1.29 is 4.74 Å². The number of thioether (sulfide) groups is 1. The Labute approximate surface area is 800 Å². The van der Waals surface area contributed by atoms with Crippen LogP contribution in [0.25, 0.3) is 21.7 Å². The van der Waals surface area contributed by atoms with E-state index in [1.54, 1.807) is 73.7 Å². The van der Waals surface area contributed by atoms with Crippen LogP contribution in [-0.2, 0) is 12.8 Å². The highest BCUT2D eigenvalue weighted by atomic mass is 32.2. The van der Waals surface area contributed by atoms with Crippen molar-refractivity contribution in [2.45, 2.75) is 321 Å². The van der Waals surface area contributed by atoms with Gasteiger partial charge in [-0.1, -0.05) is 345 Å². The van der Waals surface area contributed by atoms with Gasteiger partial charge in [-0.3, -0.25) is 19.9 Å². The largest absolute Gasteiger partial charge is 0.493 e. The topological polar surface area (TPSA) is 267 Å². The molecule has 0 spiro atoms. The van der Waals surface area contributed by atoms with Crippen LogP contribution in [0.3, 0.4) is 0 Å². The van der Waals surface area contributed by atoms with Gasteiger partial charge in [-0.2, -0.15) is 20.4 Å². The van der Waals surface area contributed by atoms with Crippen LogP contribution in [0.4, 0.5) is 0 Å². The minimum atomic E-state index is 0.759. The predicted octanol–water partition coefficient (Wildman–Crippen LogP) is 31.7. The van der Waals surface area contributed by atoms with Gasteiger partial charge >= 0.3 is 0 Å². The van der Waals surface area contributed by atoms with Crippen LogP contribution >= 0.6 is 11.8 Å². The van der Waals surface area contributed by atoms with Crippen LogP contribution in [-0.4, -0.2) is 113 Å². The third-order valence-corrected chi connectivity index (χ3v) is 13.5. The molecule has 0 fully saturated rings. The lowest BCUT2D eigenvalue weighted by Gasteiger charge is -2.15. The predicted molar refractivity (Wildman–Crippen MR) is 572 cm³/mol. The second-order valence-electron chi connectivity index (χ2n) is 20.3. The first-order chi connectivity index (χ1) is 64.0. The van der Waals surface area contributed by atoms with Gasteiger partial charge in [0.15, 0.2) is 0 Å². The summed E-state index contributed by atoms with van der Waals surface area (Å²) in [6, 6.07) is 55.3. The second-order valence-corrected chi connectivity index (χ2v) is 21.4. The highest BCUT2D eigenvalue weighted by Crippen LogP contribution is 2.29. The van der Waals surface area contributed by atoms with Crippen LogP contribution in [0.1, 0.15) is 305 Å². The number of rotatable bonds is 0. The fraction of sp³-hybridized carbons (Fsp3) is 0.444. The first kappa shape index (κ1) is 147. The molecule has 22 heteroatoms. The standard InChI is InChI=1S/C10H8.C9H7N.C9H10O.C9H10S.C6H7N.3C5H6N2.4C4H5N3.17C2H6/c1-2-6-10-8-4-3-7-9(10)5-1;3*1-2-6-9-8(4-1)5-3-7-10-9;1-6-2-4-7-5-3-6;1-5-4-6-2-3-7-5;1-5-2-3-6-4-7-5;1-5-3-2-4-6-7-5;1-4-6-2-5-3-7-4;1-4-2-6-7-3-5-4;1-4-2-5-3-6-7-4;1-4-2-5-7-6-3-4;17*1-2/h1-8H;1-7H;2*1-2,4,6H,3,5,7H2;2-5H,1H3;3*2-4H,1H3;4*2-3H,1H3;17*1-2H3. The molecular weight excluding hydrogens is 1630 g/mol. The maximum Gasteiger partial charge on any atom is 0.138 e. The van der Waals surface area contributed by atoms with Crippen LogP contribution in [0.15, 0.2) is 275 Å². The van der Waals surface area contributed by atoms with Crippen LogP contribution < -0.4 is 4.74 Å². The highest BCUT2D eigenvalue weighted by molar-refractivity contribution is 7.99. The van der Waals surface area contributed by atoms with E-state index in [9.17, 15) is 0 Å². The molecule has 16 rings (SSSR count). The zero-order valence-corrected chi connectivity index (χ0v) is 90.2. The van der Waals surface area contributed by atoms with Crippen LogP contribution in [0.2, 0.25) is 0 Å². The Balaban J connectivity index is -0.000000102. The monoisotopic (exact) mass is 1810 g/mol. The normalized spacial score (nSPS) is 8.54. The molecule has 2 aliphatic heterocycles. The van der Waals surface area contributed by atoms with Crippen molar-refractivity contribution in [3.05, 3.63) is 326 Å². The molecule has 130 heavy (non-hydrogen) atoms. The van der Waals surface area contributed by atoms with Crippen molar-refractivity contribution >= 4 is 33.4 Å². The number of benzene rings is 5. The fourth-order valence-electron chi connectivity index (χ4n) is 7.48. The zero-order chi connectivity index (χ0) is 102. The molecule has 0 saturated heterocycles. The number of nitrogens with zero attached hydrogens (tertiary/aromatic N) is 20. The Hall–Kier alpha value is -11.7. The summed E-state index contributed by atoms with van der Waals surface area (Å²) >= 11 is 1.99. The molecule has 0 N–H and O–H groups in total. The summed E-state index contributed by atoms with van der Waals surface area (Å²) < 4.78 is 5.42. The third kappa shape index (κ3) is 100. The molecule has 0 atom stereocenters. The molecule has 0 radical (unpaired) electrons. The quantitative estimate of drug-likeness (QED) is 0.136. The van der Waals surface area contributed by atoms with Gasteiger partial charge in [0, 0.05) is 65.6 Å². The Morgan fingerprint density at radius 3 is 1.04 bits per heavy atom. The first-order valence-corrected chi connectivity index (χ1v) is 48.6. The number of fused-ring (bicyclic) bond motifs is 4. The molecule has 21 nitrogen and oxygen atoms in total. The maximum atomic E-state index is 5.42. The average molecular weight is 1810 g/mol. The van der Waals surface area contributed by atoms with Gasteiger partial charge in [-0.25, -0.2) is 34.9 Å². The van der Waals surface area contributed by atoms with E-state index >= 15 is 0 Å². The smallest absolute Gasteiger partial charge is 0.138 e. The number of para-hydroxylation sites is 2. The first-order valence-electron chi connectivity index (χ1n) is 47.6. The zero-order valence-electron chi connectivity index (χ0n) is 89.4. The van der Waals surface area contributed by atoms with Crippen molar-refractivity contribution in [2.75, 3.05) is 12.4 Å². The van der Waals surface area contributed by atoms with E-state index in [-0.39, 0.29) is 0 Å². The molecule has 0 saturated carbocycles. The number of aromatic nitrogens is 20. The molecule has 0 amide bonds. The van der Waals surface area contributed by atoms with E-state index in [1.807, 2.05) is 375 Å². The van der Waals surface area contributed by atoms with Gasteiger partial charge in [0.05, 0.1) is 59.7 Å². The van der Waals surface area contributed by atoms with E-state index in [0.29, 0.717) is 0 Å². The Morgan fingerprint density at radius 2 is 0.700 bits per heavy atom. The summed E-state index contributed by atoms with van der Waals surface area (Å²) in [5, 5.41) is 35.8. The maximum absolute atomic E-state index is 5.42. The molecule has 9 aromatic heterocycles. The minimum absolute atomic E-state index is 0.759. The van der Waals surface area contributed by atoms with Gasteiger partial charge in [-0.15, -0.1) is 32.2 Å². The second kappa shape index (κ2) is 135. The lowest BCUT2D eigenvalue weighted by atomic mass is 10.1. The number of aryl methyl sites for hydroxylation is 10. The Bertz CT molecular complexity index is 3430. The van der Waals surface area contributed by atoms with Crippen LogP contribution in [0, 0.1) is 55.4 Å². The van der Waals surface area contributed by atoms with E-state index in [2.05, 4.69) is 198 Å². The molecule has 2 aliphatic rings. The summed E-state index contributed by atoms with van der Waals surface area (Å²) in [5.41, 5.74) is 10.9. The van der Waals surface area contributed by atoms with Crippen LogP contribution in [0.5, 0.6) is 5.75 Å². The van der Waals surface area contributed by atoms with Crippen molar-refractivity contribution in [3.8, 4) is 5.75 Å². The lowest BCUT2D eigenvalue weighted by molar-refractivity contribution is 0.288. The third-order valence-electron chi connectivity index (χ3n) is 12.3. The van der Waals surface area contributed by atoms with E-state index in [1.165, 1.54) is 88.8 Å². The number of pyridine rings is 2. The van der Waals surface area contributed by atoms with Gasteiger partial charge in [0.1, 0.15) is 43.2 Å². The SMILES string of the molecule is CC.CC.CC.CC.CC.CC.CC.CC.CC.CC.CC.CC.CC.CC.CC.CC.CC.Cc1cccnn1.Cc1ccncc1.Cc1ccncn1.Cc1cnccn1.Cc1cncnn1.Cc1cnncn1.Cc1cnnnc1.Cc1ncncn1.c1ccc2c(c1)CCCO2.c1ccc2c(c1)CCCS2.c1ccc2ccccc2c1.c1ccc2ncccc2c1. The Morgan fingerprint density at radius 1 is 0.254 bits per heavy atom. The van der Waals surface area contributed by atoms with Gasteiger partial charge in [-0.05, 0) is 180 Å².